The molecule has 0 unspecified atom stereocenters. The average Bonchev–Trinajstić information content (AvgIpc) is 2.56. The van der Waals surface area contributed by atoms with Crippen LogP contribution >= 0.6 is 0 Å². The van der Waals surface area contributed by atoms with Crippen LogP contribution in [0.2, 0.25) is 0 Å². The van der Waals surface area contributed by atoms with Crippen molar-refractivity contribution >= 4 is 5.82 Å². The van der Waals surface area contributed by atoms with Crippen LogP contribution in [-0.2, 0) is 4.74 Å². The van der Waals surface area contributed by atoms with Crippen molar-refractivity contribution in [1.82, 2.24) is 4.98 Å². The lowest BCUT2D eigenvalue weighted by Crippen LogP contribution is -2.20. The van der Waals surface area contributed by atoms with Gasteiger partial charge in [0.25, 0.3) is 0 Å². The van der Waals surface area contributed by atoms with Crippen LogP contribution in [0.1, 0.15) is 13.3 Å². The van der Waals surface area contributed by atoms with Crippen molar-refractivity contribution in [2.24, 2.45) is 0 Å². The molecule has 0 saturated carbocycles. The number of pyridine rings is 1. The van der Waals surface area contributed by atoms with E-state index in [2.05, 4.69) is 10.3 Å². The molecule has 0 amide bonds. The summed E-state index contributed by atoms with van der Waals surface area (Å²) in [4.78, 5) is 3.93. The number of nitrogens with one attached hydrogen (secondary N) is 1. The lowest BCUT2D eigenvalue weighted by atomic mass is 10.2. The van der Waals surface area contributed by atoms with Crippen LogP contribution < -0.4 is 5.32 Å². The Hall–Kier alpha value is -1.16. The molecule has 0 aliphatic carbocycles. The third kappa shape index (κ3) is 2.01. The van der Waals surface area contributed by atoms with Crippen molar-refractivity contribution in [1.29, 1.82) is 0 Å². The molecular weight excluding hydrogens is 183 g/mol. The van der Waals surface area contributed by atoms with E-state index in [-0.39, 0.29) is 18.0 Å². The molecule has 1 N–H and O–H groups in total. The zero-order valence-corrected chi connectivity index (χ0v) is 8.03. The predicted octanol–water partition coefficient (Wildman–Crippen LogP) is 1.81. The lowest BCUT2D eigenvalue weighted by molar-refractivity contribution is 0.124. The normalized spacial score (nSPS) is 26.4. The molecule has 2 atom stereocenters. The zero-order chi connectivity index (χ0) is 9.97. The number of rotatable bonds is 2. The molecule has 1 aliphatic heterocycles. The standard InChI is InChI=1S/C10H13FN2O/c1-7-5-8(6-14-7)13-10-9(11)3-2-4-12-10/h2-4,7-8H,5-6H2,1H3,(H,12,13)/t7-,8+/m1/s1. The van der Waals surface area contributed by atoms with Crippen LogP contribution in [-0.4, -0.2) is 23.7 Å². The largest absolute Gasteiger partial charge is 0.376 e. The molecule has 1 aromatic rings. The van der Waals surface area contributed by atoms with E-state index in [0.717, 1.165) is 6.42 Å². The van der Waals surface area contributed by atoms with E-state index >= 15 is 0 Å². The van der Waals surface area contributed by atoms with Gasteiger partial charge in [0, 0.05) is 6.20 Å². The Labute approximate surface area is 82.3 Å². The molecule has 0 aromatic carbocycles. The van der Waals surface area contributed by atoms with Gasteiger partial charge in [-0.15, -0.1) is 0 Å². The highest BCUT2D eigenvalue weighted by Crippen LogP contribution is 2.18. The molecule has 76 valence electrons. The lowest BCUT2D eigenvalue weighted by Gasteiger charge is -2.11. The van der Waals surface area contributed by atoms with Crippen molar-refractivity contribution in [2.45, 2.75) is 25.5 Å². The maximum absolute atomic E-state index is 13.2. The summed E-state index contributed by atoms with van der Waals surface area (Å²) in [6.45, 7) is 2.63. The average molecular weight is 196 g/mol. The Morgan fingerprint density at radius 1 is 1.64 bits per heavy atom. The molecule has 4 heteroatoms. The van der Waals surface area contributed by atoms with E-state index in [1.165, 1.54) is 6.07 Å². The van der Waals surface area contributed by atoms with Crippen molar-refractivity contribution in [3.8, 4) is 0 Å². The van der Waals surface area contributed by atoms with Crippen LogP contribution in [0, 0.1) is 5.82 Å². The number of halogens is 1. The van der Waals surface area contributed by atoms with E-state index in [4.69, 9.17) is 4.74 Å². The second-order valence-corrected chi connectivity index (χ2v) is 3.55. The van der Waals surface area contributed by atoms with Gasteiger partial charge in [-0.1, -0.05) is 0 Å². The van der Waals surface area contributed by atoms with Gasteiger partial charge in [0.05, 0.1) is 18.8 Å². The summed E-state index contributed by atoms with van der Waals surface area (Å²) in [5, 5.41) is 3.03. The zero-order valence-electron chi connectivity index (χ0n) is 8.03. The summed E-state index contributed by atoms with van der Waals surface area (Å²) in [5.41, 5.74) is 0. The highest BCUT2D eigenvalue weighted by atomic mass is 19.1. The van der Waals surface area contributed by atoms with Crippen LogP contribution in [0.25, 0.3) is 0 Å². The predicted molar refractivity (Wildman–Crippen MR) is 51.6 cm³/mol. The van der Waals surface area contributed by atoms with E-state index < -0.39 is 0 Å². The number of anilines is 1. The third-order valence-electron chi connectivity index (χ3n) is 2.30. The molecule has 0 bridgehead atoms. The highest BCUT2D eigenvalue weighted by Gasteiger charge is 2.22. The molecule has 2 rings (SSSR count). The van der Waals surface area contributed by atoms with Crippen LogP contribution in [0.5, 0.6) is 0 Å². The van der Waals surface area contributed by atoms with Crippen molar-refractivity contribution in [3.05, 3.63) is 24.1 Å². The summed E-state index contributed by atoms with van der Waals surface area (Å²) in [6, 6.07) is 3.15. The molecule has 14 heavy (non-hydrogen) atoms. The fraction of sp³-hybridized carbons (Fsp3) is 0.500. The van der Waals surface area contributed by atoms with Crippen LogP contribution in [0.4, 0.5) is 10.2 Å². The van der Waals surface area contributed by atoms with Crippen LogP contribution in [0.3, 0.4) is 0 Å². The van der Waals surface area contributed by atoms with Gasteiger partial charge in [-0.2, -0.15) is 0 Å². The maximum Gasteiger partial charge on any atom is 0.165 e. The van der Waals surface area contributed by atoms with E-state index in [1.54, 1.807) is 12.3 Å². The summed E-state index contributed by atoms with van der Waals surface area (Å²) in [6.07, 6.45) is 2.72. The molecule has 1 aliphatic rings. The second-order valence-electron chi connectivity index (χ2n) is 3.55. The maximum atomic E-state index is 13.2. The molecular formula is C10H13FN2O. The Kier molecular flexibility index (Phi) is 2.63. The van der Waals surface area contributed by atoms with Gasteiger partial charge in [-0.25, -0.2) is 9.37 Å². The molecule has 3 nitrogen and oxygen atoms in total. The van der Waals surface area contributed by atoms with E-state index in [0.29, 0.717) is 12.4 Å². The second kappa shape index (κ2) is 3.92. The Bertz CT molecular complexity index is 319. The number of nitrogens with zero attached hydrogens (tertiary/aromatic N) is 1. The fourth-order valence-electron chi connectivity index (χ4n) is 1.60. The van der Waals surface area contributed by atoms with Gasteiger partial charge in [0.1, 0.15) is 0 Å². The first kappa shape index (κ1) is 9.40. The summed E-state index contributed by atoms with van der Waals surface area (Å²) < 4.78 is 18.5. The molecule has 1 aromatic heterocycles. The first-order valence-electron chi connectivity index (χ1n) is 4.74. The van der Waals surface area contributed by atoms with Gasteiger partial charge in [0.15, 0.2) is 11.6 Å². The third-order valence-corrected chi connectivity index (χ3v) is 2.30. The molecule has 1 saturated heterocycles. The van der Waals surface area contributed by atoms with Gasteiger partial charge in [0.2, 0.25) is 0 Å². The minimum Gasteiger partial charge on any atom is -0.376 e. The number of hydrogen-bond acceptors (Lipinski definition) is 3. The minimum atomic E-state index is -0.313. The Morgan fingerprint density at radius 2 is 2.50 bits per heavy atom. The highest BCUT2D eigenvalue weighted by molar-refractivity contribution is 5.36. The SMILES string of the molecule is C[C@@H]1C[C@H](Nc2ncccc2F)CO1. The number of aromatic nitrogens is 1. The van der Waals surface area contributed by atoms with Gasteiger partial charge < -0.3 is 10.1 Å². The molecule has 0 radical (unpaired) electrons. The number of ether oxygens (including phenoxy) is 1. The van der Waals surface area contributed by atoms with Crippen LogP contribution in [0.15, 0.2) is 18.3 Å². The quantitative estimate of drug-likeness (QED) is 0.783. The van der Waals surface area contributed by atoms with Crippen molar-refractivity contribution in [2.75, 3.05) is 11.9 Å². The van der Waals surface area contributed by atoms with E-state index in [9.17, 15) is 4.39 Å². The Morgan fingerprint density at radius 3 is 3.14 bits per heavy atom. The monoisotopic (exact) mass is 196 g/mol. The summed E-state index contributed by atoms with van der Waals surface area (Å²) in [7, 11) is 0. The Balaban J connectivity index is 2.01. The number of hydrogen-bond donors (Lipinski definition) is 1. The summed E-state index contributed by atoms with van der Waals surface area (Å²) in [5.74, 6) is 0.00209. The van der Waals surface area contributed by atoms with Gasteiger partial charge >= 0.3 is 0 Å². The van der Waals surface area contributed by atoms with Crippen molar-refractivity contribution in [3.63, 3.8) is 0 Å². The van der Waals surface area contributed by atoms with Gasteiger partial charge in [-0.3, -0.25) is 0 Å². The molecule has 0 spiro atoms. The smallest absolute Gasteiger partial charge is 0.165 e. The first-order chi connectivity index (χ1) is 6.75. The molecule has 1 fully saturated rings. The topological polar surface area (TPSA) is 34.2 Å². The minimum absolute atomic E-state index is 0.175. The summed E-state index contributed by atoms with van der Waals surface area (Å²) >= 11 is 0. The van der Waals surface area contributed by atoms with E-state index in [1.807, 2.05) is 6.92 Å². The fourth-order valence-corrected chi connectivity index (χ4v) is 1.60. The van der Waals surface area contributed by atoms with Crippen molar-refractivity contribution < 1.29 is 9.13 Å². The molecule has 2 heterocycles. The van der Waals surface area contributed by atoms with Gasteiger partial charge in [-0.05, 0) is 25.5 Å². The first-order valence-corrected chi connectivity index (χ1v) is 4.74.